The number of rotatable bonds is 10. The Bertz CT molecular complexity index is 1430. The van der Waals surface area contributed by atoms with Crippen LogP contribution < -0.4 is 0 Å². The van der Waals surface area contributed by atoms with Crippen LogP contribution in [0.1, 0.15) is 67.5 Å². The molecule has 0 spiro atoms. The van der Waals surface area contributed by atoms with Gasteiger partial charge in [0.15, 0.2) is 0 Å². The van der Waals surface area contributed by atoms with Gasteiger partial charge in [0, 0.05) is 17.7 Å². The van der Waals surface area contributed by atoms with Gasteiger partial charge in [-0.05, 0) is 64.6 Å². The second-order valence-corrected chi connectivity index (χ2v) is 10.8. The van der Waals surface area contributed by atoms with Crippen LogP contribution in [-0.4, -0.2) is 11.3 Å². The van der Waals surface area contributed by atoms with Gasteiger partial charge in [-0.1, -0.05) is 144 Å². The summed E-state index contributed by atoms with van der Waals surface area (Å²) in [4.78, 5) is 4.88. The number of allylic oxidation sites excluding steroid dienone is 6. The maximum atomic E-state index is 9.92. The number of hydrogen-bond acceptors (Lipinski definition) is 2. The van der Waals surface area contributed by atoms with Gasteiger partial charge in [-0.2, -0.15) is 0 Å². The summed E-state index contributed by atoms with van der Waals surface area (Å²) in [6.07, 6.45) is 14.4. The van der Waals surface area contributed by atoms with Crippen molar-refractivity contribution in [2.45, 2.75) is 53.4 Å². The largest absolute Gasteiger partial charge is 0.508 e. The monoisotopic (exact) mass is 543 g/mol. The molecule has 2 nitrogen and oxygen atoms in total. The summed E-state index contributed by atoms with van der Waals surface area (Å²) >= 11 is 0. The molecule has 0 heterocycles. The van der Waals surface area contributed by atoms with Crippen molar-refractivity contribution in [3.05, 3.63) is 150 Å². The minimum atomic E-state index is 0.0608. The molecule has 0 fully saturated rings. The van der Waals surface area contributed by atoms with E-state index >= 15 is 0 Å². The number of aliphatic hydroxyl groups excluding tert-OH is 1. The second-order valence-electron chi connectivity index (χ2n) is 10.8. The molecule has 212 valence electrons. The van der Waals surface area contributed by atoms with Crippen molar-refractivity contribution in [1.29, 1.82) is 0 Å². The van der Waals surface area contributed by atoms with E-state index in [0.29, 0.717) is 18.3 Å². The average molecular weight is 544 g/mol. The highest BCUT2D eigenvalue weighted by atomic mass is 16.3. The Kier molecular flexibility index (Phi) is 11.9. The lowest BCUT2D eigenvalue weighted by molar-refractivity contribution is 0.513. The molecular weight excluding hydrogens is 498 g/mol. The molecule has 41 heavy (non-hydrogen) atoms. The molecule has 0 aliphatic heterocycles. The summed E-state index contributed by atoms with van der Waals surface area (Å²) < 4.78 is 0. The number of aliphatic hydroxyl groups is 1. The van der Waals surface area contributed by atoms with Crippen molar-refractivity contribution in [2.24, 2.45) is 16.8 Å². The lowest BCUT2D eigenvalue weighted by Crippen LogP contribution is -2.13. The first-order valence-electron chi connectivity index (χ1n) is 14.7. The van der Waals surface area contributed by atoms with E-state index in [1.54, 1.807) is 0 Å². The van der Waals surface area contributed by atoms with Crippen molar-refractivity contribution in [3.8, 4) is 0 Å². The van der Waals surface area contributed by atoms with E-state index in [1.807, 2.05) is 30.5 Å². The van der Waals surface area contributed by atoms with Gasteiger partial charge < -0.3 is 5.11 Å². The normalized spacial score (nSPS) is 15.8. The van der Waals surface area contributed by atoms with Crippen LogP contribution >= 0.6 is 0 Å². The fourth-order valence-electron chi connectivity index (χ4n) is 5.00. The molecule has 0 amide bonds. The topological polar surface area (TPSA) is 32.6 Å². The Morgan fingerprint density at radius 2 is 1.46 bits per heavy atom. The van der Waals surface area contributed by atoms with E-state index in [9.17, 15) is 5.11 Å². The van der Waals surface area contributed by atoms with Gasteiger partial charge >= 0.3 is 0 Å². The predicted octanol–water partition coefficient (Wildman–Crippen LogP) is 10.7. The van der Waals surface area contributed by atoms with Gasteiger partial charge in [-0.25, -0.2) is 0 Å². The number of nitrogens with zero attached hydrogens (tertiary/aromatic N) is 1. The SMILES string of the molecule is C=C(O)c1ccccc1C(=C)Cc1ccc(C=Nc2cc(CC(=C)C3C=CC=CC3C)ccc2CC)cc1.CCC. The highest BCUT2D eigenvalue weighted by Gasteiger charge is 2.17. The van der Waals surface area contributed by atoms with Crippen molar-refractivity contribution in [3.63, 3.8) is 0 Å². The van der Waals surface area contributed by atoms with E-state index < -0.39 is 0 Å². The zero-order valence-electron chi connectivity index (χ0n) is 25.2. The molecule has 3 aromatic rings. The molecule has 0 radical (unpaired) electrons. The van der Waals surface area contributed by atoms with E-state index in [-0.39, 0.29) is 5.76 Å². The molecule has 4 rings (SSSR count). The molecule has 1 N–H and O–H groups in total. The average Bonchev–Trinajstić information content (AvgIpc) is 2.97. The minimum Gasteiger partial charge on any atom is -0.508 e. The number of aryl methyl sites for hydroxylation is 1. The third-order valence-electron chi connectivity index (χ3n) is 7.21. The van der Waals surface area contributed by atoms with Gasteiger partial charge in [0.2, 0.25) is 0 Å². The van der Waals surface area contributed by atoms with E-state index in [0.717, 1.165) is 46.4 Å². The maximum absolute atomic E-state index is 9.92. The van der Waals surface area contributed by atoms with Crippen LogP contribution in [0.25, 0.3) is 11.3 Å². The fraction of sp³-hybridized carbons (Fsp3) is 0.256. The Labute approximate surface area is 247 Å². The third-order valence-corrected chi connectivity index (χ3v) is 7.21. The first-order chi connectivity index (χ1) is 19.8. The quantitative estimate of drug-likeness (QED) is 0.154. The Morgan fingerprint density at radius 3 is 2.10 bits per heavy atom. The Balaban J connectivity index is 0.00000147. The van der Waals surface area contributed by atoms with E-state index in [2.05, 4.69) is 114 Å². The van der Waals surface area contributed by atoms with Crippen molar-refractivity contribution < 1.29 is 5.11 Å². The first-order valence-corrected chi connectivity index (χ1v) is 14.7. The Morgan fingerprint density at radius 1 is 0.829 bits per heavy atom. The molecule has 0 saturated heterocycles. The first kappa shape index (κ1) is 31.4. The van der Waals surface area contributed by atoms with Crippen LogP contribution in [0, 0.1) is 11.8 Å². The van der Waals surface area contributed by atoms with Gasteiger partial charge in [-0.3, -0.25) is 4.99 Å². The van der Waals surface area contributed by atoms with Crippen molar-refractivity contribution >= 4 is 23.2 Å². The summed E-state index contributed by atoms with van der Waals surface area (Å²) in [5.74, 6) is 0.915. The van der Waals surface area contributed by atoms with Crippen LogP contribution in [0.5, 0.6) is 0 Å². The van der Waals surface area contributed by atoms with Crippen molar-refractivity contribution in [1.82, 2.24) is 0 Å². The molecule has 1 aliphatic rings. The number of benzene rings is 3. The molecule has 2 atom stereocenters. The third kappa shape index (κ3) is 8.91. The zero-order valence-corrected chi connectivity index (χ0v) is 25.2. The van der Waals surface area contributed by atoms with E-state index in [4.69, 9.17) is 4.99 Å². The van der Waals surface area contributed by atoms with Crippen LogP contribution in [0.15, 0.2) is 121 Å². The lowest BCUT2D eigenvalue weighted by atomic mass is 9.82. The minimum absolute atomic E-state index is 0.0608. The molecule has 0 aromatic heterocycles. The maximum Gasteiger partial charge on any atom is 0.116 e. The smallest absolute Gasteiger partial charge is 0.116 e. The Hall–Kier alpha value is -4.17. The summed E-state index contributed by atoms with van der Waals surface area (Å²) in [6.45, 7) is 21.0. The summed E-state index contributed by atoms with van der Waals surface area (Å²) in [5.41, 5.74) is 9.53. The highest BCUT2D eigenvalue weighted by Crippen LogP contribution is 2.30. The molecule has 1 aliphatic carbocycles. The van der Waals surface area contributed by atoms with E-state index in [1.165, 1.54) is 23.1 Å². The molecule has 0 bridgehead atoms. The fourth-order valence-corrected chi connectivity index (χ4v) is 5.00. The van der Waals surface area contributed by atoms with Crippen LogP contribution in [0.4, 0.5) is 5.69 Å². The second kappa shape index (κ2) is 15.6. The van der Waals surface area contributed by atoms with Gasteiger partial charge in [0.05, 0.1) is 5.69 Å². The molecule has 0 saturated carbocycles. The summed E-state index contributed by atoms with van der Waals surface area (Å²) in [7, 11) is 0. The molecule has 2 unspecified atom stereocenters. The van der Waals surface area contributed by atoms with Gasteiger partial charge in [0.25, 0.3) is 0 Å². The summed E-state index contributed by atoms with van der Waals surface area (Å²) in [6, 6.07) is 22.7. The molecule has 3 aromatic carbocycles. The van der Waals surface area contributed by atoms with Crippen molar-refractivity contribution in [2.75, 3.05) is 0 Å². The lowest BCUT2D eigenvalue weighted by Gasteiger charge is -2.23. The van der Waals surface area contributed by atoms with Gasteiger partial charge in [0.1, 0.15) is 5.76 Å². The van der Waals surface area contributed by atoms with Crippen LogP contribution in [0.3, 0.4) is 0 Å². The zero-order chi connectivity index (χ0) is 29.8. The number of aliphatic imine (C=N–C) groups is 1. The van der Waals surface area contributed by atoms with Gasteiger partial charge in [-0.15, -0.1) is 0 Å². The molecular formula is C39H45NO. The number of hydrogen-bond donors (Lipinski definition) is 1. The van der Waals surface area contributed by atoms with Crippen LogP contribution in [-0.2, 0) is 19.3 Å². The highest BCUT2D eigenvalue weighted by molar-refractivity contribution is 5.83. The van der Waals surface area contributed by atoms with Crippen LogP contribution in [0.2, 0.25) is 0 Å². The standard InChI is InChI=1S/C36H37NO.C3H8/c1-6-32-20-19-31(22-26(3)33-12-8-7-11-25(33)2)23-36(32)37-24-30-17-15-29(16-18-30)21-27(4)34-13-9-10-14-35(34)28(5)38;1-3-2/h7-20,23-25,33,38H,3-6,21-22H2,1-2H3;3H2,1-2H3. The summed E-state index contributed by atoms with van der Waals surface area (Å²) in [5, 5.41) is 9.92. The molecule has 2 heteroatoms. The predicted molar refractivity (Wildman–Crippen MR) is 180 cm³/mol.